The van der Waals surface area contributed by atoms with Crippen molar-refractivity contribution in [2.75, 3.05) is 11.4 Å². The standard InChI is InChI=1S/C23H36N2O5/c1-18(21(27)28)24-20(26)16-12-7-5-6-8-13-17-25(19-14-10-9-11-15-19)22(29)30-23(2,3)4/h9-11,14-15,18H,5-8,12-13,16-17H2,1-4H3,(H,24,26)(H,27,28)/t18-/m0/s1. The monoisotopic (exact) mass is 420 g/mol. The van der Waals surface area contributed by atoms with Crippen molar-refractivity contribution in [2.24, 2.45) is 0 Å². The second-order valence-corrected chi connectivity index (χ2v) is 8.47. The molecule has 2 amide bonds. The van der Waals surface area contributed by atoms with E-state index in [9.17, 15) is 14.4 Å². The Balaban J connectivity index is 2.30. The highest BCUT2D eigenvalue weighted by molar-refractivity contribution is 5.87. The number of carbonyl (C=O) groups is 3. The number of para-hydroxylation sites is 1. The second kappa shape index (κ2) is 12.9. The van der Waals surface area contributed by atoms with Crippen LogP contribution in [0.4, 0.5) is 10.5 Å². The van der Waals surface area contributed by atoms with Gasteiger partial charge in [0.05, 0.1) is 0 Å². The van der Waals surface area contributed by atoms with Gasteiger partial charge in [-0.1, -0.05) is 43.9 Å². The van der Waals surface area contributed by atoms with E-state index in [0.29, 0.717) is 13.0 Å². The minimum atomic E-state index is -1.03. The summed E-state index contributed by atoms with van der Waals surface area (Å²) < 4.78 is 5.54. The molecule has 0 aliphatic heterocycles. The summed E-state index contributed by atoms with van der Waals surface area (Å²) in [5.41, 5.74) is 0.284. The first-order valence-electron chi connectivity index (χ1n) is 10.7. The van der Waals surface area contributed by atoms with Gasteiger partial charge in [-0.15, -0.1) is 0 Å². The lowest BCUT2D eigenvalue weighted by atomic mass is 10.1. The van der Waals surface area contributed by atoms with Crippen LogP contribution in [0.15, 0.2) is 30.3 Å². The molecule has 0 spiro atoms. The first-order chi connectivity index (χ1) is 14.1. The molecule has 1 rings (SSSR count). The number of rotatable bonds is 12. The van der Waals surface area contributed by atoms with Crippen LogP contribution in [0.1, 0.15) is 72.6 Å². The Morgan fingerprint density at radius 3 is 2.13 bits per heavy atom. The van der Waals surface area contributed by atoms with Crippen molar-refractivity contribution in [1.82, 2.24) is 5.32 Å². The summed E-state index contributed by atoms with van der Waals surface area (Å²) >= 11 is 0. The number of hydrogen-bond donors (Lipinski definition) is 2. The van der Waals surface area contributed by atoms with Gasteiger partial charge in [-0.2, -0.15) is 0 Å². The van der Waals surface area contributed by atoms with E-state index >= 15 is 0 Å². The molecule has 0 bridgehead atoms. The van der Waals surface area contributed by atoms with E-state index in [1.54, 1.807) is 4.90 Å². The van der Waals surface area contributed by atoms with Crippen LogP contribution in [0.25, 0.3) is 0 Å². The smallest absolute Gasteiger partial charge is 0.414 e. The van der Waals surface area contributed by atoms with Crippen LogP contribution < -0.4 is 10.2 Å². The van der Waals surface area contributed by atoms with Crippen LogP contribution in [0.2, 0.25) is 0 Å². The molecule has 1 aromatic rings. The minimum Gasteiger partial charge on any atom is -0.480 e. The topological polar surface area (TPSA) is 95.9 Å². The minimum absolute atomic E-state index is 0.222. The molecule has 0 heterocycles. The summed E-state index contributed by atoms with van der Waals surface area (Å²) in [6.07, 6.45) is 5.53. The molecule has 0 aliphatic carbocycles. The number of carbonyl (C=O) groups excluding carboxylic acids is 2. The Bertz CT molecular complexity index is 670. The van der Waals surface area contributed by atoms with Gasteiger partial charge >= 0.3 is 12.1 Å². The first kappa shape index (κ1) is 25.5. The van der Waals surface area contributed by atoms with Gasteiger partial charge in [0, 0.05) is 18.7 Å². The number of anilines is 1. The average molecular weight is 421 g/mol. The quantitative estimate of drug-likeness (QED) is 0.476. The zero-order valence-corrected chi connectivity index (χ0v) is 18.6. The van der Waals surface area contributed by atoms with E-state index in [4.69, 9.17) is 9.84 Å². The maximum atomic E-state index is 12.6. The Morgan fingerprint density at radius 2 is 1.57 bits per heavy atom. The molecule has 7 nitrogen and oxygen atoms in total. The van der Waals surface area contributed by atoms with Crippen molar-refractivity contribution in [3.63, 3.8) is 0 Å². The van der Waals surface area contributed by atoms with Gasteiger partial charge < -0.3 is 15.2 Å². The third-order valence-electron chi connectivity index (χ3n) is 4.47. The van der Waals surface area contributed by atoms with E-state index in [1.807, 2.05) is 51.1 Å². The van der Waals surface area contributed by atoms with Crippen molar-refractivity contribution in [1.29, 1.82) is 0 Å². The van der Waals surface area contributed by atoms with Gasteiger partial charge in [-0.3, -0.25) is 14.5 Å². The second-order valence-electron chi connectivity index (χ2n) is 8.47. The summed E-state index contributed by atoms with van der Waals surface area (Å²) in [5, 5.41) is 11.2. The van der Waals surface area contributed by atoms with E-state index in [1.165, 1.54) is 6.92 Å². The molecular formula is C23H36N2O5. The molecule has 0 saturated heterocycles. The molecule has 2 N–H and O–H groups in total. The average Bonchev–Trinajstić information content (AvgIpc) is 2.65. The lowest BCUT2D eigenvalue weighted by Crippen LogP contribution is -2.38. The van der Waals surface area contributed by atoms with Gasteiger partial charge in [0.25, 0.3) is 0 Å². The van der Waals surface area contributed by atoms with E-state index in [-0.39, 0.29) is 12.0 Å². The number of carboxylic acid groups (broad SMARTS) is 1. The number of unbranched alkanes of at least 4 members (excludes halogenated alkanes) is 5. The van der Waals surface area contributed by atoms with Gasteiger partial charge in [-0.05, 0) is 52.7 Å². The summed E-state index contributed by atoms with van der Waals surface area (Å²) in [6.45, 7) is 7.62. The van der Waals surface area contributed by atoms with E-state index in [0.717, 1.165) is 44.2 Å². The lowest BCUT2D eigenvalue weighted by Gasteiger charge is -2.27. The maximum Gasteiger partial charge on any atom is 0.414 e. The van der Waals surface area contributed by atoms with E-state index < -0.39 is 17.6 Å². The highest BCUT2D eigenvalue weighted by atomic mass is 16.6. The molecular weight excluding hydrogens is 384 g/mol. The third kappa shape index (κ3) is 10.8. The number of amides is 2. The third-order valence-corrected chi connectivity index (χ3v) is 4.47. The zero-order valence-electron chi connectivity index (χ0n) is 18.6. The Morgan fingerprint density at radius 1 is 1.00 bits per heavy atom. The summed E-state index contributed by atoms with van der Waals surface area (Å²) in [6, 6.07) is 8.68. The van der Waals surface area contributed by atoms with Crippen molar-refractivity contribution in [3.8, 4) is 0 Å². The fraction of sp³-hybridized carbons (Fsp3) is 0.609. The van der Waals surface area contributed by atoms with E-state index in [2.05, 4.69) is 5.32 Å². The molecule has 0 radical (unpaired) electrons. The van der Waals surface area contributed by atoms with Crippen molar-refractivity contribution < 1.29 is 24.2 Å². The van der Waals surface area contributed by atoms with Gasteiger partial charge in [-0.25, -0.2) is 4.79 Å². The van der Waals surface area contributed by atoms with Crippen molar-refractivity contribution in [2.45, 2.75) is 84.3 Å². The van der Waals surface area contributed by atoms with Crippen LogP contribution in [0, 0.1) is 0 Å². The molecule has 30 heavy (non-hydrogen) atoms. The number of nitrogens with one attached hydrogen (secondary N) is 1. The Labute approximate surface area is 179 Å². The highest BCUT2D eigenvalue weighted by Crippen LogP contribution is 2.19. The van der Waals surface area contributed by atoms with Crippen molar-refractivity contribution >= 4 is 23.7 Å². The predicted octanol–water partition coefficient (Wildman–Crippen LogP) is 4.75. The molecule has 1 aromatic carbocycles. The largest absolute Gasteiger partial charge is 0.480 e. The van der Waals surface area contributed by atoms with Crippen LogP contribution >= 0.6 is 0 Å². The normalized spacial score (nSPS) is 12.1. The van der Waals surface area contributed by atoms with Gasteiger partial charge in [0.1, 0.15) is 11.6 Å². The number of benzene rings is 1. The van der Waals surface area contributed by atoms with Crippen LogP contribution in [-0.2, 0) is 14.3 Å². The van der Waals surface area contributed by atoms with Crippen LogP contribution in [0.5, 0.6) is 0 Å². The fourth-order valence-corrected chi connectivity index (χ4v) is 2.89. The summed E-state index contributed by atoms with van der Waals surface area (Å²) in [7, 11) is 0. The summed E-state index contributed by atoms with van der Waals surface area (Å²) in [5.74, 6) is -1.25. The molecule has 7 heteroatoms. The maximum absolute atomic E-state index is 12.6. The molecule has 168 valence electrons. The Kier molecular flexibility index (Phi) is 10.9. The van der Waals surface area contributed by atoms with Crippen LogP contribution in [-0.4, -0.2) is 41.3 Å². The van der Waals surface area contributed by atoms with Gasteiger partial charge in [0.2, 0.25) is 5.91 Å². The number of carboxylic acids is 1. The summed E-state index contributed by atoms with van der Waals surface area (Å²) in [4.78, 5) is 36.6. The molecule has 0 unspecified atom stereocenters. The Hall–Kier alpha value is -2.57. The SMILES string of the molecule is C[C@H](NC(=O)CCCCCCCCN(C(=O)OC(C)(C)C)c1ccccc1)C(=O)O. The predicted molar refractivity (Wildman–Crippen MR) is 118 cm³/mol. The first-order valence-corrected chi connectivity index (χ1v) is 10.7. The highest BCUT2D eigenvalue weighted by Gasteiger charge is 2.23. The fourth-order valence-electron chi connectivity index (χ4n) is 2.89. The van der Waals surface area contributed by atoms with Crippen molar-refractivity contribution in [3.05, 3.63) is 30.3 Å². The van der Waals surface area contributed by atoms with Crippen LogP contribution in [0.3, 0.4) is 0 Å². The van der Waals surface area contributed by atoms with Gasteiger partial charge in [0.15, 0.2) is 0 Å². The zero-order chi connectivity index (χ0) is 22.6. The number of hydrogen-bond acceptors (Lipinski definition) is 4. The molecule has 0 aliphatic rings. The lowest BCUT2D eigenvalue weighted by molar-refractivity contribution is -0.141. The molecule has 0 aromatic heterocycles. The number of nitrogens with zero attached hydrogens (tertiary/aromatic N) is 1. The molecule has 0 fully saturated rings. The molecule has 0 saturated carbocycles. The number of ether oxygens (including phenoxy) is 1. The molecule has 1 atom stereocenters. The number of aliphatic carboxylic acids is 1.